The molecule has 0 bridgehead atoms. The molecule has 0 aliphatic heterocycles. The predicted molar refractivity (Wildman–Crippen MR) is 541 cm³/mol. The molecule has 0 aliphatic rings. The summed E-state index contributed by atoms with van der Waals surface area (Å²) in [6.07, 6.45) is 13.1. The quantitative estimate of drug-likeness (QED) is 0.103. The number of rotatable bonds is 12. The number of aryl methyl sites for hydroxylation is 10. The van der Waals surface area contributed by atoms with Gasteiger partial charge in [0.1, 0.15) is 0 Å². The van der Waals surface area contributed by atoms with Crippen molar-refractivity contribution in [2.75, 3.05) is 0 Å². The molecule has 35 heteroatoms. The van der Waals surface area contributed by atoms with Crippen LogP contribution < -0.4 is 40.9 Å². The molecule has 0 saturated carbocycles. The molecule has 0 radical (unpaired) electrons. The summed E-state index contributed by atoms with van der Waals surface area (Å²) in [5.41, 5.74) is 20.9. The van der Waals surface area contributed by atoms with Gasteiger partial charge in [0.05, 0.1) is 102 Å². The Balaban J connectivity index is 0.000000228. The second-order valence-corrected chi connectivity index (χ2v) is 33.0. The first-order valence-corrected chi connectivity index (χ1v) is 45.0. The zero-order valence-corrected chi connectivity index (χ0v) is 104. The molecule has 10 aromatic carbocycles. The van der Waals surface area contributed by atoms with E-state index in [1.165, 1.54) is 34.5 Å². The van der Waals surface area contributed by atoms with Crippen LogP contribution in [0, 0.1) is 62.3 Å². The van der Waals surface area contributed by atoms with Crippen LogP contribution >= 0.6 is 11.3 Å². The fraction of sp³-hybridized carbons (Fsp3) is 0.0893. The van der Waals surface area contributed by atoms with Gasteiger partial charge >= 0.3 is 152 Å². The Morgan fingerprint density at radius 1 is 0.306 bits per heavy atom. The predicted octanol–water partition coefficient (Wildman–Crippen LogP) is 18.1. The Bertz CT molecular complexity index is 7830. The van der Waals surface area contributed by atoms with Crippen molar-refractivity contribution in [3.63, 3.8) is 0 Å². The summed E-state index contributed by atoms with van der Waals surface area (Å²) in [4.78, 5) is 30.6. The smallest absolute Gasteiger partial charge is 0.872 e. The molecule has 22 aromatic rings. The van der Waals surface area contributed by atoms with Gasteiger partial charge in [0.2, 0.25) is 0 Å². The Morgan fingerprint density at radius 2 is 0.782 bits per heavy atom. The van der Waals surface area contributed by atoms with Crippen LogP contribution in [-0.4, -0.2) is 123 Å². The van der Waals surface area contributed by atoms with Crippen LogP contribution in [0.3, 0.4) is 0 Å². The van der Waals surface area contributed by atoms with E-state index in [1.54, 1.807) is 98.2 Å². The minimum atomic E-state index is -0.361. The van der Waals surface area contributed by atoms with Gasteiger partial charge in [-0.25, -0.2) is 28.4 Å². The number of hydrogen-bond acceptors (Lipinski definition) is 21. The average Bonchev–Trinajstić information content (AvgIpc) is 1.62. The van der Waals surface area contributed by atoms with E-state index in [0.29, 0.717) is 62.0 Å². The maximum absolute atomic E-state index is 13.3. The summed E-state index contributed by atoms with van der Waals surface area (Å²) in [7, 11) is 1.93. The molecule has 0 unspecified atom stereocenters. The average molecular weight is 2300 g/mol. The van der Waals surface area contributed by atoms with Crippen molar-refractivity contribution < 1.29 is 158 Å². The zero-order chi connectivity index (χ0) is 97.6. The summed E-state index contributed by atoms with van der Waals surface area (Å²) >= 11 is 1.53. The maximum atomic E-state index is 13.3. The monoisotopic (exact) mass is 2290 g/mol. The van der Waals surface area contributed by atoms with Gasteiger partial charge in [0.15, 0.2) is 5.82 Å². The van der Waals surface area contributed by atoms with Gasteiger partial charge in [-0.05, 0) is 198 Å². The number of aromatic nitrogens is 18. The van der Waals surface area contributed by atoms with E-state index in [1.807, 2.05) is 353 Å². The van der Waals surface area contributed by atoms with Crippen LogP contribution in [0.15, 0.2) is 377 Å². The van der Waals surface area contributed by atoms with E-state index in [-0.39, 0.29) is 204 Å². The summed E-state index contributed by atoms with van der Waals surface area (Å²) in [5.74, 6) is -0.170. The number of fused-ring (bicyclic) bond motifs is 2. The summed E-state index contributed by atoms with van der Waals surface area (Å²) in [6, 6.07) is 101. The van der Waals surface area contributed by atoms with E-state index in [4.69, 9.17) is 0 Å². The van der Waals surface area contributed by atoms with Crippen molar-refractivity contribution >= 4 is 67.9 Å². The Labute approximate surface area is 954 Å². The molecule has 0 atom stereocenters. The second-order valence-electron chi connectivity index (χ2n) is 32.0. The number of hydrogen-bond donors (Lipinski definition) is 0. The van der Waals surface area contributed by atoms with Crippen LogP contribution in [0.4, 0.5) is 0 Å². The van der Waals surface area contributed by atoms with Gasteiger partial charge in [-0.2, -0.15) is 25.5 Å². The molecule has 0 amide bonds. The topological polar surface area (TPSA) is 369 Å². The van der Waals surface area contributed by atoms with Crippen LogP contribution in [0.1, 0.15) is 51.1 Å². The molecule has 0 fully saturated rings. The molecule has 22 rings (SSSR count). The van der Waals surface area contributed by atoms with Gasteiger partial charge in [-0.3, -0.25) is 29.9 Å². The largest absolute Gasteiger partial charge is 3.00 e. The van der Waals surface area contributed by atoms with Crippen molar-refractivity contribution in [2.24, 2.45) is 7.05 Å². The summed E-state index contributed by atoms with van der Waals surface area (Å²) < 4.78 is 10.2. The van der Waals surface area contributed by atoms with Crippen molar-refractivity contribution in [1.29, 1.82) is 0 Å². The number of benzene rings is 10. The summed E-state index contributed by atoms with van der Waals surface area (Å²) in [6.45, 7) is 17.3. The molecule has 0 N–H and O–H groups in total. The molecule has 12 heterocycles. The molecule has 0 aliphatic carbocycles. The van der Waals surface area contributed by atoms with E-state index >= 15 is 0 Å². The normalized spacial score (nSPS) is 10.0. The molecule has 692 valence electrons. The first-order chi connectivity index (χ1) is 67.4. The van der Waals surface area contributed by atoms with Crippen LogP contribution in [0.5, 0.6) is 46.1 Å². The number of pyridine rings is 3. The van der Waals surface area contributed by atoms with E-state index in [9.17, 15) is 40.9 Å². The fourth-order valence-electron chi connectivity index (χ4n) is 15.2. The van der Waals surface area contributed by atoms with Crippen molar-refractivity contribution in [2.45, 2.75) is 62.3 Å². The maximum Gasteiger partial charge on any atom is 3.00 e. The Morgan fingerprint density at radius 3 is 1.32 bits per heavy atom. The second kappa shape index (κ2) is 57.6. The van der Waals surface area contributed by atoms with Gasteiger partial charge in [-0.1, -0.05) is 276 Å². The molecule has 0 saturated heterocycles. The van der Waals surface area contributed by atoms with E-state index in [2.05, 4.69) is 60.4 Å². The Kier molecular flexibility index (Phi) is 47.2. The number of thiophene rings is 1. The van der Waals surface area contributed by atoms with Gasteiger partial charge < -0.3 is 45.4 Å². The van der Waals surface area contributed by atoms with Crippen molar-refractivity contribution in [3.8, 4) is 152 Å². The standard InChI is InChI=1S/C21H18N2OS.C20H15N3O.C15H11NO.C13H12N4O.C11H12N2O.C11H10N2O.C11H11NO.C10H11N3O.2Al.6Zn/c1-14-13-15(2)23(22-14)18-19(24)21(17-11-7-4-8-12-17)25-20(18)16-9-5-3-6-10-16;24-20-18(15-9-3-1-4-10-15)22-23(16-11-5-2-6-12-16)19(20)17-13-7-8-14-21-17;17-15-12-6-2-1-5-11(12)8-9-13(15)14-7-3-4-10-16-14;1-8-7-9(2)17(16-8)12-13(18)15-11-6-4-3-5-10(11)14-12;1-8-7-9(2)13(12-8)10-5-3-4-6-11(10)14;1-8-2-3-11(14)9(6-8)10-7-12-4-5-13-10;1-12-8-4-6-10(12)9-5-2-3-7-11(9)13;1-7-5-8(2)13(12-7)9-6-11-4-3-10(9)14;;;;;;;;/h3-13,24H,1-2H3;1-14,24H;1-10,17H;3-7H,1-2H3,(H,15,18);3-7,14H,1-2H3;2-7,14H,1H3;2-8,13H,1H3;3-6H,1-2H3,(H,11,14);;;;;;;;/q;;;;;;;;2*+3;6*+2/p-8. The van der Waals surface area contributed by atoms with Crippen molar-refractivity contribution in [3.05, 3.63) is 428 Å². The number of nitrogens with zero attached hydrogens (tertiary/aromatic N) is 18. The van der Waals surface area contributed by atoms with Gasteiger partial charge in [-0.15, -0.1) is 11.3 Å². The third-order valence-corrected chi connectivity index (χ3v) is 22.9. The molecule has 147 heavy (non-hydrogen) atoms. The van der Waals surface area contributed by atoms with Gasteiger partial charge in [0, 0.05) is 89.0 Å². The van der Waals surface area contributed by atoms with Crippen molar-refractivity contribution in [1.82, 2.24) is 88.4 Å². The minimum absolute atomic E-state index is 0. The van der Waals surface area contributed by atoms with Gasteiger partial charge in [0.25, 0.3) is 0 Å². The van der Waals surface area contributed by atoms with E-state index in [0.717, 1.165) is 111 Å². The fourth-order valence-corrected chi connectivity index (χ4v) is 16.4. The molecule has 0 spiro atoms. The third kappa shape index (κ3) is 30.2. The zero-order valence-electron chi connectivity index (χ0n) is 82.9. The molecule has 12 aromatic heterocycles. The third-order valence-electron chi connectivity index (χ3n) is 21.7. The van der Waals surface area contributed by atoms with Crippen LogP contribution in [0.25, 0.3) is 128 Å². The Hall–Kier alpha value is -13.4. The minimum Gasteiger partial charge on any atom is -0.872 e. The SMILES string of the molecule is Cc1cc(C)n(-c2c(-c3ccccc3)sc(-c3ccccc3)c2[O-])n1.Cc1cc(C)n(-c2ccccc2[O-])n1.Cc1cc(C)n(-c2cnccc2[O-])n1.Cc1cc(C)n(-c2nc3ccccc3nc2[O-])n1.Cc1ccc([O-])c(-c2cnccn2)c1.Cn1cccc1-c1ccccc1[O-].[Al+3].[Al+3].[O-]c1c(-c2ccccc2)nn(-c2ccccc2)c1-c1ccccn1.[O-]c1c(-c2ccccn2)ccc2ccccc12.[Zn+2].[Zn+2].[Zn+2].[Zn+2].[Zn+2].[Zn+2]. The first-order valence-electron chi connectivity index (χ1n) is 44.2. The molecule has 26 nitrogen and oxygen atoms in total. The van der Waals surface area contributed by atoms with Crippen LogP contribution in [-0.2, 0) is 124 Å². The molecular formula is C112H92Al2N18O8SZn6+10. The number of para-hydroxylation sites is 6. The van der Waals surface area contributed by atoms with Crippen LogP contribution in [0.2, 0.25) is 0 Å². The van der Waals surface area contributed by atoms with E-state index < -0.39 is 0 Å². The summed E-state index contributed by atoms with van der Waals surface area (Å²) in [5, 5.41) is 120. The first kappa shape index (κ1) is 121. The molecular weight excluding hydrogens is 2200 g/mol.